The molecule has 0 fully saturated rings. The van der Waals surface area contributed by atoms with Gasteiger partial charge < -0.3 is 14.8 Å². The van der Waals surface area contributed by atoms with Gasteiger partial charge >= 0.3 is 0 Å². The lowest BCUT2D eigenvalue weighted by molar-refractivity contribution is -0.385. The minimum Gasteiger partial charge on any atom is -0.493 e. The zero-order chi connectivity index (χ0) is 22.5. The molecule has 31 heavy (non-hydrogen) atoms. The summed E-state index contributed by atoms with van der Waals surface area (Å²) in [6.45, 7) is 2.28. The molecule has 0 saturated carbocycles. The van der Waals surface area contributed by atoms with Crippen LogP contribution in [0.2, 0.25) is 10.0 Å². The van der Waals surface area contributed by atoms with Crippen molar-refractivity contribution in [2.75, 3.05) is 19.0 Å². The average molecular weight is 465 g/mol. The monoisotopic (exact) mass is 464 g/mol. The number of rotatable bonds is 8. The maximum absolute atomic E-state index is 12.9. The summed E-state index contributed by atoms with van der Waals surface area (Å²) < 4.78 is 12.1. The lowest BCUT2D eigenvalue weighted by Crippen LogP contribution is -2.18. The fraction of sp³-hybridized carbons (Fsp3) is 0.200. The van der Waals surface area contributed by atoms with E-state index in [1.54, 1.807) is 31.2 Å². The molecule has 9 nitrogen and oxygen atoms in total. The first kappa shape index (κ1) is 22.4. The Balaban J connectivity index is 1.92. The van der Waals surface area contributed by atoms with Crippen molar-refractivity contribution in [3.05, 3.63) is 73.9 Å². The van der Waals surface area contributed by atoms with Gasteiger partial charge in [-0.2, -0.15) is 5.10 Å². The first-order valence-electron chi connectivity index (χ1n) is 9.11. The molecule has 3 aromatic rings. The first-order chi connectivity index (χ1) is 14.8. The van der Waals surface area contributed by atoms with E-state index in [9.17, 15) is 14.9 Å². The van der Waals surface area contributed by atoms with Gasteiger partial charge in [-0.1, -0.05) is 35.3 Å². The average Bonchev–Trinajstić information content (AvgIpc) is 3.17. The molecule has 3 rings (SSSR count). The molecule has 1 N–H and O–H groups in total. The highest BCUT2D eigenvalue weighted by Crippen LogP contribution is 2.35. The standard InChI is InChI=1S/C20H18Cl2N4O5/c1-3-31-17-9-13(15(26(28)29)10-16(17)30-2)20(27)24-18-7-8-23-25(18)11-12-5-4-6-14(21)19(12)22/h4-10H,3,11H2,1-2H3,(H,24,27). The van der Waals surface area contributed by atoms with Gasteiger partial charge in [0.2, 0.25) is 0 Å². The van der Waals surface area contributed by atoms with E-state index in [1.807, 2.05) is 0 Å². The van der Waals surface area contributed by atoms with E-state index in [4.69, 9.17) is 32.7 Å². The summed E-state index contributed by atoms with van der Waals surface area (Å²) in [5.41, 5.74) is 0.104. The van der Waals surface area contributed by atoms with Gasteiger partial charge in [-0.25, -0.2) is 4.68 Å². The third-order valence-electron chi connectivity index (χ3n) is 4.33. The molecular weight excluding hydrogens is 447 g/mol. The Kier molecular flexibility index (Phi) is 6.98. The van der Waals surface area contributed by atoms with Crippen LogP contribution >= 0.6 is 23.2 Å². The van der Waals surface area contributed by atoms with Crippen molar-refractivity contribution < 1.29 is 19.2 Å². The lowest BCUT2D eigenvalue weighted by atomic mass is 10.1. The van der Waals surface area contributed by atoms with Gasteiger partial charge in [0.1, 0.15) is 11.4 Å². The molecule has 1 heterocycles. The Hall–Kier alpha value is -3.30. The van der Waals surface area contributed by atoms with Crippen molar-refractivity contribution in [3.8, 4) is 11.5 Å². The number of carbonyl (C=O) groups excluding carboxylic acids is 1. The summed E-state index contributed by atoms with van der Waals surface area (Å²) in [6, 6.07) is 9.20. The summed E-state index contributed by atoms with van der Waals surface area (Å²) in [6.07, 6.45) is 1.49. The number of halogens is 2. The Morgan fingerprint density at radius 1 is 1.26 bits per heavy atom. The van der Waals surface area contributed by atoms with Crippen LogP contribution in [0, 0.1) is 10.1 Å². The number of nitro benzene ring substituents is 1. The van der Waals surface area contributed by atoms with E-state index in [0.717, 1.165) is 6.07 Å². The van der Waals surface area contributed by atoms with E-state index < -0.39 is 16.5 Å². The van der Waals surface area contributed by atoms with Crippen LogP contribution in [0.15, 0.2) is 42.6 Å². The van der Waals surface area contributed by atoms with Gasteiger partial charge in [-0.3, -0.25) is 14.9 Å². The summed E-state index contributed by atoms with van der Waals surface area (Å²) in [5, 5.41) is 19.1. The SMILES string of the molecule is CCOc1cc(C(=O)Nc2ccnn2Cc2cccc(Cl)c2Cl)c([N+](=O)[O-])cc1OC. The van der Waals surface area contributed by atoms with Crippen LogP contribution < -0.4 is 14.8 Å². The second-order valence-electron chi connectivity index (χ2n) is 6.25. The predicted octanol–water partition coefficient (Wildman–Crippen LogP) is 4.81. The van der Waals surface area contributed by atoms with E-state index in [1.165, 1.54) is 24.1 Å². The molecule has 162 valence electrons. The van der Waals surface area contributed by atoms with Crippen LogP contribution in [0.4, 0.5) is 11.5 Å². The molecule has 1 amide bonds. The Bertz CT molecular complexity index is 1130. The minimum atomic E-state index is -0.700. The van der Waals surface area contributed by atoms with Crippen LogP contribution in [-0.2, 0) is 6.54 Å². The van der Waals surface area contributed by atoms with Gasteiger partial charge in [0.15, 0.2) is 11.5 Å². The van der Waals surface area contributed by atoms with Gasteiger partial charge in [0, 0.05) is 12.1 Å². The maximum Gasteiger partial charge on any atom is 0.286 e. The van der Waals surface area contributed by atoms with Crippen molar-refractivity contribution in [1.82, 2.24) is 9.78 Å². The molecule has 2 aromatic carbocycles. The van der Waals surface area contributed by atoms with Crippen molar-refractivity contribution in [2.24, 2.45) is 0 Å². The molecule has 0 aliphatic carbocycles. The number of methoxy groups -OCH3 is 1. The fourth-order valence-corrected chi connectivity index (χ4v) is 3.27. The molecule has 1 aromatic heterocycles. The molecular formula is C20H18Cl2N4O5. The molecule has 0 saturated heterocycles. The predicted molar refractivity (Wildman–Crippen MR) is 117 cm³/mol. The zero-order valence-electron chi connectivity index (χ0n) is 16.6. The van der Waals surface area contributed by atoms with Crippen LogP contribution in [0.3, 0.4) is 0 Å². The van der Waals surface area contributed by atoms with Crippen LogP contribution in [0.1, 0.15) is 22.8 Å². The normalized spacial score (nSPS) is 10.6. The molecule has 0 radical (unpaired) electrons. The van der Waals surface area contributed by atoms with Gasteiger partial charge in [0.05, 0.1) is 47.5 Å². The van der Waals surface area contributed by atoms with Crippen molar-refractivity contribution in [2.45, 2.75) is 13.5 Å². The quantitative estimate of drug-likeness (QED) is 0.378. The molecule has 0 atom stereocenters. The maximum atomic E-state index is 12.9. The third-order valence-corrected chi connectivity index (χ3v) is 5.19. The van der Waals surface area contributed by atoms with E-state index >= 15 is 0 Å². The highest BCUT2D eigenvalue weighted by Gasteiger charge is 2.25. The highest BCUT2D eigenvalue weighted by atomic mass is 35.5. The molecule has 0 unspecified atom stereocenters. The second-order valence-corrected chi connectivity index (χ2v) is 7.04. The number of hydrogen-bond donors (Lipinski definition) is 1. The largest absolute Gasteiger partial charge is 0.493 e. The Morgan fingerprint density at radius 3 is 2.71 bits per heavy atom. The number of aromatic nitrogens is 2. The van der Waals surface area contributed by atoms with Crippen LogP contribution in [0.25, 0.3) is 0 Å². The molecule has 0 spiro atoms. The summed E-state index contributed by atoms with van der Waals surface area (Å²) in [4.78, 5) is 23.8. The van der Waals surface area contributed by atoms with E-state index in [-0.39, 0.29) is 23.6 Å². The summed E-state index contributed by atoms with van der Waals surface area (Å²) in [5.74, 6) is 0.00377. The number of anilines is 1. The van der Waals surface area contributed by atoms with Crippen LogP contribution in [-0.4, -0.2) is 34.3 Å². The summed E-state index contributed by atoms with van der Waals surface area (Å²) >= 11 is 12.3. The third kappa shape index (κ3) is 4.89. The molecule has 0 aliphatic rings. The number of nitro groups is 1. The van der Waals surface area contributed by atoms with Gasteiger partial charge in [0.25, 0.3) is 11.6 Å². The van der Waals surface area contributed by atoms with Crippen molar-refractivity contribution in [1.29, 1.82) is 0 Å². The number of carbonyl (C=O) groups is 1. The van der Waals surface area contributed by atoms with E-state index in [0.29, 0.717) is 28.0 Å². The number of nitrogens with zero attached hydrogens (tertiary/aromatic N) is 3. The Morgan fingerprint density at radius 2 is 2.03 bits per heavy atom. The van der Waals surface area contributed by atoms with E-state index in [2.05, 4.69) is 10.4 Å². The lowest BCUT2D eigenvalue weighted by Gasteiger charge is -2.13. The highest BCUT2D eigenvalue weighted by molar-refractivity contribution is 6.42. The first-order valence-corrected chi connectivity index (χ1v) is 9.86. The smallest absolute Gasteiger partial charge is 0.286 e. The number of hydrogen-bond acceptors (Lipinski definition) is 6. The minimum absolute atomic E-state index is 0.158. The number of nitrogens with one attached hydrogen (secondary N) is 1. The molecule has 11 heteroatoms. The topological polar surface area (TPSA) is 109 Å². The van der Waals surface area contributed by atoms with Gasteiger partial charge in [-0.05, 0) is 18.6 Å². The number of ether oxygens (including phenoxy) is 2. The zero-order valence-corrected chi connectivity index (χ0v) is 18.1. The van der Waals surface area contributed by atoms with Crippen molar-refractivity contribution >= 4 is 40.6 Å². The Labute approximate surface area is 187 Å². The summed E-state index contributed by atoms with van der Waals surface area (Å²) in [7, 11) is 1.36. The molecule has 0 bridgehead atoms. The van der Waals surface area contributed by atoms with Crippen LogP contribution in [0.5, 0.6) is 11.5 Å². The number of amides is 1. The second kappa shape index (κ2) is 9.67. The number of benzene rings is 2. The van der Waals surface area contributed by atoms with Gasteiger partial charge in [-0.15, -0.1) is 0 Å². The van der Waals surface area contributed by atoms with Crippen molar-refractivity contribution in [3.63, 3.8) is 0 Å². The fourth-order valence-electron chi connectivity index (χ4n) is 2.89. The molecule has 0 aliphatic heterocycles.